The fourth-order valence-electron chi connectivity index (χ4n) is 1.28. The quantitative estimate of drug-likeness (QED) is 0.724. The summed E-state index contributed by atoms with van der Waals surface area (Å²) in [6.07, 6.45) is 3.28. The topological polar surface area (TPSA) is 107 Å². The number of primary amides is 1. The Balaban J connectivity index is 2.32. The van der Waals surface area contributed by atoms with E-state index in [1.54, 1.807) is 24.5 Å². The van der Waals surface area contributed by atoms with Crippen molar-refractivity contribution in [3.8, 4) is 0 Å². The Morgan fingerprint density at radius 1 is 1.29 bits per heavy atom. The minimum Gasteiger partial charge on any atom is -0.396 e. The highest BCUT2D eigenvalue weighted by Gasteiger charge is 2.07. The van der Waals surface area contributed by atoms with Gasteiger partial charge >= 0.3 is 0 Å². The third-order valence-corrected chi connectivity index (χ3v) is 2.10. The van der Waals surface area contributed by atoms with E-state index >= 15 is 0 Å². The van der Waals surface area contributed by atoms with E-state index in [1.165, 1.54) is 6.07 Å². The van der Waals surface area contributed by atoms with Gasteiger partial charge in [0.2, 0.25) is 0 Å². The van der Waals surface area contributed by atoms with Gasteiger partial charge in [-0.25, -0.2) is 4.98 Å². The monoisotopic (exact) mass is 229 g/mol. The number of pyridine rings is 2. The molecule has 2 aromatic heterocycles. The van der Waals surface area contributed by atoms with Gasteiger partial charge in [0.25, 0.3) is 5.91 Å². The van der Waals surface area contributed by atoms with Crippen molar-refractivity contribution in [1.82, 2.24) is 9.97 Å². The number of carbonyl (C=O) groups is 1. The Kier molecular flexibility index (Phi) is 2.87. The molecule has 0 aromatic carbocycles. The van der Waals surface area contributed by atoms with E-state index < -0.39 is 5.91 Å². The molecule has 5 N–H and O–H groups in total. The number of aromatic nitrogens is 2. The van der Waals surface area contributed by atoms with Crippen molar-refractivity contribution >= 4 is 23.1 Å². The Labute approximate surface area is 97.7 Å². The van der Waals surface area contributed by atoms with Crippen molar-refractivity contribution in [2.24, 2.45) is 5.73 Å². The molecule has 0 aliphatic rings. The molecule has 2 rings (SSSR count). The summed E-state index contributed by atoms with van der Waals surface area (Å²) in [6, 6.07) is 6.64. The van der Waals surface area contributed by atoms with Crippen LogP contribution in [0.15, 0.2) is 36.7 Å². The van der Waals surface area contributed by atoms with Crippen molar-refractivity contribution < 1.29 is 4.79 Å². The van der Waals surface area contributed by atoms with E-state index in [-0.39, 0.29) is 5.69 Å². The third-order valence-electron chi connectivity index (χ3n) is 2.10. The first-order chi connectivity index (χ1) is 8.16. The van der Waals surface area contributed by atoms with Crippen LogP contribution in [0.5, 0.6) is 0 Å². The normalized spacial score (nSPS) is 9.88. The van der Waals surface area contributed by atoms with Crippen molar-refractivity contribution in [3.05, 3.63) is 42.4 Å². The van der Waals surface area contributed by atoms with Gasteiger partial charge in [0, 0.05) is 6.20 Å². The fourth-order valence-corrected chi connectivity index (χ4v) is 1.28. The first-order valence-electron chi connectivity index (χ1n) is 4.90. The van der Waals surface area contributed by atoms with Crippen LogP contribution in [-0.2, 0) is 0 Å². The minimum absolute atomic E-state index is 0.158. The number of nitrogens with zero attached hydrogens (tertiary/aromatic N) is 2. The molecule has 0 aliphatic carbocycles. The summed E-state index contributed by atoms with van der Waals surface area (Å²) in [5.41, 5.74) is 12.2. The van der Waals surface area contributed by atoms with Crippen LogP contribution in [0.2, 0.25) is 0 Å². The van der Waals surface area contributed by atoms with E-state index in [0.29, 0.717) is 11.5 Å². The Morgan fingerprint density at radius 3 is 2.76 bits per heavy atom. The number of nitrogens with one attached hydrogen (secondary N) is 1. The van der Waals surface area contributed by atoms with E-state index in [2.05, 4.69) is 15.3 Å². The van der Waals surface area contributed by atoms with Crippen molar-refractivity contribution in [2.45, 2.75) is 0 Å². The van der Waals surface area contributed by atoms with Crippen molar-refractivity contribution in [2.75, 3.05) is 11.1 Å². The lowest BCUT2D eigenvalue weighted by atomic mass is 10.3. The molecule has 0 fully saturated rings. The molecule has 0 radical (unpaired) electrons. The second kappa shape index (κ2) is 4.48. The van der Waals surface area contributed by atoms with Crippen LogP contribution in [0, 0.1) is 0 Å². The first-order valence-corrected chi connectivity index (χ1v) is 4.90. The summed E-state index contributed by atoms with van der Waals surface area (Å²) in [4.78, 5) is 19.0. The van der Waals surface area contributed by atoms with Gasteiger partial charge in [0.05, 0.1) is 17.6 Å². The van der Waals surface area contributed by atoms with Crippen LogP contribution in [-0.4, -0.2) is 15.9 Å². The molecule has 1 amide bonds. The first kappa shape index (κ1) is 10.9. The molecular formula is C11H11N5O. The number of nitrogens with two attached hydrogens (primary N) is 2. The highest BCUT2D eigenvalue weighted by Crippen LogP contribution is 2.20. The molecule has 6 nitrogen and oxygen atoms in total. The predicted octanol–water partition coefficient (Wildman–Crippen LogP) is 0.901. The molecule has 0 saturated carbocycles. The number of hydrogen-bond acceptors (Lipinski definition) is 5. The van der Waals surface area contributed by atoms with E-state index in [9.17, 15) is 4.79 Å². The standard InChI is InChI=1S/C11H11N5O/c12-8-3-4-9(10(13)17)16-11(8)15-7-2-1-5-14-6-7/h1-6H,12H2,(H2,13,17)(H,15,16). The van der Waals surface area contributed by atoms with Crippen LogP contribution in [0.25, 0.3) is 0 Å². The van der Waals surface area contributed by atoms with Gasteiger partial charge in [-0.1, -0.05) is 0 Å². The molecule has 0 spiro atoms. The van der Waals surface area contributed by atoms with Crippen LogP contribution < -0.4 is 16.8 Å². The molecule has 86 valence electrons. The summed E-state index contributed by atoms with van der Waals surface area (Å²) in [6.45, 7) is 0. The maximum Gasteiger partial charge on any atom is 0.267 e. The number of anilines is 3. The van der Waals surface area contributed by atoms with Gasteiger partial charge < -0.3 is 16.8 Å². The lowest BCUT2D eigenvalue weighted by molar-refractivity contribution is 0.0996. The number of amides is 1. The lowest BCUT2D eigenvalue weighted by Gasteiger charge is -2.08. The minimum atomic E-state index is -0.598. The Bertz CT molecular complexity index is 541. The smallest absolute Gasteiger partial charge is 0.267 e. The van der Waals surface area contributed by atoms with Gasteiger partial charge in [-0.2, -0.15) is 0 Å². The van der Waals surface area contributed by atoms with Gasteiger partial charge in [-0.05, 0) is 24.3 Å². The largest absolute Gasteiger partial charge is 0.396 e. The molecule has 0 atom stereocenters. The van der Waals surface area contributed by atoms with E-state index in [4.69, 9.17) is 11.5 Å². The molecule has 2 aromatic rings. The van der Waals surface area contributed by atoms with Gasteiger partial charge in [-0.3, -0.25) is 9.78 Å². The fraction of sp³-hybridized carbons (Fsp3) is 0. The summed E-state index contributed by atoms with van der Waals surface area (Å²) < 4.78 is 0. The molecule has 17 heavy (non-hydrogen) atoms. The summed E-state index contributed by atoms with van der Waals surface area (Å²) in [7, 11) is 0. The van der Waals surface area contributed by atoms with Gasteiger partial charge in [0.15, 0.2) is 5.82 Å². The summed E-state index contributed by atoms with van der Waals surface area (Å²) in [5, 5.41) is 2.96. The highest BCUT2D eigenvalue weighted by molar-refractivity contribution is 5.92. The second-order valence-electron chi connectivity index (χ2n) is 3.37. The van der Waals surface area contributed by atoms with Gasteiger partial charge in [0.1, 0.15) is 5.69 Å². The molecule has 0 unspecified atom stereocenters. The van der Waals surface area contributed by atoms with E-state index in [0.717, 1.165) is 5.69 Å². The molecule has 6 heteroatoms. The number of nitrogen functional groups attached to an aromatic ring is 1. The zero-order valence-electron chi connectivity index (χ0n) is 8.92. The van der Waals surface area contributed by atoms with Crippen molar-refractivity contribution in [1.29, 1.82) is 0 Å². The second-order valence-corrected chi connectivity index (χ2v) is 3.37. The average Bonchev–Trinajstić information content (AvgIpc) is 2.33. The Hall–Kier alpha value is -2.63. The third kappa shape index (κ3) is 2.49. The maximum absolute atomic E-state index is 11.0. The molecule has 2 heterocycles. The Morgan fingerprint density at radius 2 is 2.12 bits per heavy atom. The lowest BCUT2D eigenvalue weighted by Crippen LogP contribution is -2.14. The molecule has 0 bridgehead atoms. The van der Waals surface area contributed by atoms with Crippen LogP contribution in [0.1, 0.15) is 10.5 Å². The molecular weight excluding hydrogens is 218 g/mol. The zero-order valence-corrected chi connectivity index (χ0v) is 8.92. The number of rotatable bonds is 3. The SMILES string of the molecule is NC(=O)c1ccc(N)c(Nc2cccnc2)n1. The summed E-state index contributed by atoms with van der Waals surface area (Å²) >= 11 is 0. The predicted molar refractivity (Wildman–Crippen MR) is 64.7 cm³/mol. The van der Waals surface area contributed by atoms with Crippen molar-refractivity contribution in [3.63, 3.8) is 0 Å². The van der Waals surface area contributed by atoms with Crippen LogP contribution in [0.3, 0.4) is 0 Å². The van der Waals surface area contributed by atoms with Crippen LogP contribution in [0.4, 0.5) is 17.2 Å². The van der Waals surface area contributed by atoms with E-state index in [1.807, 2.05) is 6.07 Å². The average molecular weight is 229 g/mol. The zero-order chi connectivity index (χ0) is 12.3. The molecule has 0 saturated heterocycles. The number of carbonyl (C=O) groups excluding carboxylic acids is 1. The maximum atomic E-state index is 11.0. The number of hydrogen-bond donors (Lipinski definition) is 3. The highest BCUT2D eigenvalue weighted by atomic mass is 16.1. The molecule has 0 aliphatic heterocycles. The summed E-state index contributed by atoms with van der Waals surface area (Å²) in [5.74, 6) is -0.214. The van der Waals surface area contributed by atoms with Crippen LogP contribution >= 0.6 is 0 Å². The van der Waals surface area contributed by atoms with Gasteiger partial charge in [-0.15, -0.1) is 0 Å².